The number of hydrogen-bond donors (Lipinski definition) is 0. The molecule has 0 bridgehead atoms. The monoisotopic (exact) mass is 688 g/mol. The van der Waals surface area contributed by atoms with Gasteiger partial charge in [-0.05, 0) is 94.2 Å². The van der Waals surface area contributed by atoms with Crippen LogP contribution in [0.5, 0.6) is 11.6 Å². The first-order chi connectivity index (χ1) is 19.5. The van der Waals surface area contributed by atoms with E-state index in [2.05, 4.69) is 32.9 Å². The third kappa shape index (κ3) is 5.72. The van der Waals surface area contributed by atoms with Crippen LogP contribution in [0.3, 0.4) is 0 Å². The van der Waals surface area contributed by atoms with Crippen molar-refractivity contribution in [3.05, 3.63) is 90.7 Å². The molecule has 0 aliphatic heterocycles. The summed E-state index contributed by atoms with van der Waals surface area (Å²) in [6.45, 7) is 0.384. The van der Waals surface area contributed by atoms with Gasteiger partial charge in [-0.3, -0.25) is 0 Å². The molecule has 1 fully saturated rings. The summed E-state index contributed by atoms with van der Waals surface area (Å²) in [6, 6.07) is 17.1. The van der Waals surface area contributed by atoms with Gasteiger partial charge in [0.2, 0.25) is 0 Å². The van der Waals surface area contributed by atoms with E-state index in [9.17, 15) is 0 Å². The number of hydrogen-bond acceptors (Lipinski definition) is 7. The van der Waals surface area contributed by atoms with Crippen molar-refractivity contribution in [2.24, 2.45) is 0 Å². The van der Waals surface area contributed by atoms with Crippen LogP contribution >= 0.6 is 45.8 Å². The first kappa shape index (κ1) is 27.1. The normalized spacial score (nSPS) is 13.4. The summed E-state index contributed by atoms with van der Waals surface area (Å²) in [4.78, 5) is 0. The van der Waals surface area contributed by atoms with Gasteiger partial charge in [-0.1, -0.05) is 52.6 Å². The molecule has 5 aromatic rings. The molecule has 0 amide bonds. The maximum atomic E-state index is 6.64. The SMILES string of the molecule is COCOc1noc2ccc(/C=C/c3ccc(OCc4c(-c5c(Cl)cccc5I)noc4C4CC4)cc3Cl)cc12. The van der Waals surface area contributed by atoms with Crippen molar-refractivity contribution in [1.29, 1.82) is 0 Å². The van der Waals surface area contributed by atoms with Gasteiger partial charge in [0.1, 0.15) is 23.8 Å². The lowest BCUT2D eigenvalue weighted by Gasteiger charge is -2.10. The van der Waals surface area contributed by atoms with Gasteiger partial charge in [0.05, 0.1) is 21.0 Å². The highest BCUT2D eigenvalue weighted by Gasteiger charge is 2.33. The highest BCUT2D eigenvalue weighted by atomic mass is 127. The van der Waals surface area contributed by atoms with Crippen molar-refractivity contribution in [2.75, 3.05) is 13.9 Å². The Bertz CT molecular complexity index is 1690. The van der Waals surface area contributed by atoms with Gasteiger partial charge in [-0.2, -0.15) is 0 Å². The number of halogens is 3. The molecule has 3 aromatic carbocycles. The van der Waals surface area contributed by atoms with Gasteiger partial charge in [-0.25, -0.2) is 0 Å². The Labute approximate surface area is 254 Å². The van der Waals surface area contributed by atoms with E-state index in [4.69, 9.17) is 46.5 Å². The molecular weight excluding hydrogens is 666 g/mol. The topological polar surface area (TPSA) is 79.8 Å². The van der Waals surface area contributed by atoms with Gasteiger partial charge in [0, 0.05) is 22.2 Å². The molecule has 2 aromatic heterocycles. The standard InChI is InChI=1S/C30H23Cl2IN2O5/c1-36-16-38-30-21-13-17(6-12-26(21)39-35-30)5-7-18-10-11-20(14-24(18)32)37-15-22-28(34-40-29(22)19-8-9-19)27-23(31)3-2-4-25(27)33/h2-7,10-14,19H,8-9,15-16H2,1H3/b7-5+. The van der Waals surface area contributed by atoms with Gasteiger partial charge in [0.15, 0.2) is 12.4 Å². The Morgan fingerprint density at radius 3 is 2.62 bits per heavy atom. The fraction of sp³-hybridized carbons (Fsp3) is 0.200. The second-order valence-electron chi connectivity index (χ2n) is 9.34. The zero-order chi connectivity index (χ0) is 27.6. The van der Waals surface area contributed by atoms with E-state index in [1.165, 1.54) is 0 Å². The molecule has 6 rings (SSSR count). The van der Waals surface area contributed by atoms with Crippen LogP contribution in [0, 0.1) is 3.57 Å². The first-order valence-corrected chi connectivity index (χ1v) is 14.4. The van der Waals surface area contributed by atoms with Gasteiger partial charge in [0.25, 0.3) is 5.88 Å². The zero-order valence-corrected chi connectivity index (χ0v) is 25.0. The lowest BCUT2D eigenvalue weighted by atomic mass is 10.0. The summed E-state index contributed by atoms with van der Waals surface area (Å²) >= 11 is 15.5. The second kappa shape index (κ2) is 11.8. The Kier molecular flexibility index (Phi) is 8.02. The Morgan fingerprint density at radius 2 is 1.85 bits per heavy atom. The van der Waals surface area contributed by atoms with E-state index in [0.717, 1.165) is 55.5 Å². The van der Waals surface area contributed by atoms with Crippen LogP contribution in [0.15, 0.2) is 63.6 Å². The first-order valence-electron chi connectivity index (χ1n) is 12.6. The minimum atomic E-state index is 0.0886. The van der Waals surface area contributed by atoms with Crippen molar-refractivity contribution < 1.29 is 23.3 Å². The molecule has 10 heteroatoms. The van der Waals surface area contributed by atoms with Crippen LogP contribution < -0.4 is 9.47 Å². The molecule has 1 aliphatic carbocycles. The van der Waals surface area contributed by atoms with Crippen LogP contribution in [-0.2, 0) is 11.3 Å². The zero-order valence-electron chi connectivity index (χ0n) is 21.3. The third-order valence-corrected chi connectivity index (χ3v) is 8.09. The minimum absolute atomic E-state index is 0.0886. The number of aromatic nitrogens is 2. The van der Waals surface area contributed by atoms with E-state index < -0.39 is 0 Å². The summed E-state index contributed by atoms with van der Waals surface area (Å²) < 4.78 is 28.7. The number of ether oxygens (including phenoxy) is 3. The average Bonchev–Trinajstić information content (AvgIpc) is 3.59. The Morgan fingerprint density at radius 1 is 0.975 bits per heavy atom. The number of methoxy groups -OCH3 is 1. The van der Waals surface area contributed by atoms with Crippen molar-refractivity contribution in [3.8, 4) is 22.9 Å². The summed E-state index contributed by atoms with van der Waals surface area (Å²) in [7, 11) is 1.55. The molecule has 0 saturated heterocycles. The lowest BCUT2D eigenvalue weighted by Crippen LogP contribution is -2.00. The molecule has 0 radical (unpaired) electrons. The van der Waals surface area contributed by atoms with E-state index in [1.807, 2.05) is 66.7 Å². The van der Waals surface area contributed by atoms with Crippen LogP contribution in [0.25, 0.3) is 34.4 Å². The molecule has 0 unspecified atom stereocenters. The summed E-state index contributed by atoms with van der Waals surface area (Å²) in [5.41, 5.74) is 4.93. The van der Waals surface area contributed by atoms with Crippen LogP contribution in [0.1, 0.15) is 41.2 Å². The predicted molar refractivity (Wildman–Crippen MR) is 163 cm³/mol. The van der Waals surface area contributed by atoms with Crippen molar-refractivity contribution in [3.63, 3.8) is 0 Å². The molecule has 2 heterocycles. The molecule has 40 heavy (non-hydrogen) atoms. The highest BCUT2D eigenvalue weighted by Crippen LogP contribution is 2.45. The number of fused-ring (bicyclic) bond motifs is 1. The molecule has 1 aliphatic rings. The Balaban J connectivity index is 1.20. The smallest absolute Gasteiger partial charge is 0.264 e. The molecule has 0 atom stereocenters. The molecule has 204 valence electrons. The third-order valence-electron chi connectivity index (χ3n) is 6.55. The van der Waals surface area contributed by atoms with Crippen molar-refractivity contribution >= 4 is 68.9 Å². The summed E-state index contributed by atoms with van der Waals surface area (Å²) in [6.07, 6.45) is 6.07. The van der Waals surface area contributed by atoms with Crippen molar-refractivity contribution in [1.82, 2.24) is 10.3 Å². The van der Waals surface area contributed by atoms with Gasteiger partial charge in [-0.15, -0.1) is 0 Å². The average molecular weight is 689 g/mol. The molecule has 7 nitrogen and oxygen atoms in total. The van der Waals surface area contributed by atoms with Crippen LogP contribution in [0.4, 0.5) is 0 Å². The maximum Gasteiger partial charge on any atom is 0.264 e. The minimum Gasteiger partial charge on any atom is -0.489 e. The lowest BCUT2D eigenvalue weighted by molar-refractivity contribution is 0.0463. The maximum absolute atomic E-state index is 6.64. The van der Waals surface area contributed by atoms with E-state index in [1.54, 1.807) is 7.11 Å². The van der Waals surface area contributed by atoms with E-state index >= 15 is 0 Å². The molecule has 0 spiro atoms. The molecule has 1 saturated carbocycles. The predicted octanol–water partition coefficient (Wildman–Crippen LogP) is 9.00. The summed E-state index contributed by atoms with van der Waals surface area (Å²) in [5.74, 6) is 2.28. The quantitative estimate of drug-likeness (QED) is 0.0823. The summed E-state index contributed by atoms with van der Waals surface area (Å²) in [5, 5.41) is 10.3. The van der Waals surface area contributed by atoms with Gasteiger partial charge >= 0.3 is 0 Å². The van der Waals surface area contributed by atoms with Crippen LogP contribution in [0.2, 0.25) is 10.0 Å². The largest absolute Gasteiger partial charge is 0.489 e. The fourth-order valence-corrected chi connectivity index (χ4v) is 5.79. The number of benzene rings is 3. The van der Waals surface area contributed by atoms with Crippen LogP contribution in [-0.4, -0.2) is 24.2 Å². The molecular formula is C30H23Cl2IN2O5. The second-order valence-corrected chi connectivity index (χ2v) is 11.3. The van der Waals surface area contributed by atoms with E-state index in [0.29, 0.717) is 39.8 Å². The van der Waals surface area contributed by atoms with E-state index in [-0.39, 0.29) is 6.79 Å². The molecule has 0 N–H and O–H groups in total. The number of rotatable bonds is 10. The van der Waals surface area contributed by atoms with Gasteiger partial charge < -0.3 is 23.3 Å². The number of nitrogens with zero attached hydrogens (tertiary/aromatic N) is 2. The highest BCUT2D eigenvalue weighted by molar-refractivity contribution is 14.1. The fourth-order valence-electron chi connectivity index (χ4n) is 4.38. The Hall–Kier alpha value is -3.05. The van der Waals surface area contributed by atoms with Crippen molar-refractivity contribution in [2.45, 2.75) is 25.4 Å².